The summed E-state index contributed by atoms with van der Waals surface area (Å²) in [6.45, 7) is 6.48. The minimum absolute atomic E-state index is 0.0718. The van der Waals surface area contributed by atoms with E-state index >= 15 is 0 Å². The molecule has 1 N–H and O–H groups in total. The number of allylic oxidation sites excluding steroid dienone is 1. The lowest BCUT2D eigenvalue weighted by Crippen LogP contribution is -2.15. The van der Waals surface area contributed by atoms with Gasteiger partial charge < -0.3 is 10.1 Å². The minimum Gasteiger partial charge on any atom is -0.486 e. The van der Waals surface area contributed by atoms with Gasteiger partial charge in [-0.1, -0.05) is 42.1 Å². The maximum atomic E-state index is 13.7. The summed E-state index contributed by atoms with van der Waals surface area (Å²) < 4.78 is 21.3. The van der Waals surface area contributed by atoms with Crippen molar-refractivity contribution in [1.82, 2.24) is 14.8 Å². The normalized spacial score (nSPS) is 10.6. The fourth-order valence-electron chi connectivity index (χ4n) is 2.58. The Kier molecular flexibility index (Phi) is 7.02. The quantitative estimate of drug-likeness (QED) is 0.421. The van der Waals surface area contributed by atoms with Gasteiger partial charge in [-0.25, -0.2) is 4.39 Å². The van der Waals surface area contributed by atoms with Gasteiger partial charge in [0.1, 0.15) is 18.2 Å². The molecule has 8 heteroatoms. The Labute approximate surface area is 172 Å². The first-order valence-electron chi connectivity index (χ1n) is 8.96. The van der Waals surface area contributed by atoms with Crippen LogP contribution in [-0.2, 0) is 17.9 Å². The van der Waals surface area contributed by atoms with Gasteiger partial charge in [-0.2, -0.15) is 0 Å². The van der Waals surface area contributed by atoms with E-state index in [0.717, 1.165) is 11.3 Å². The van der Waals surface area contributed by atoms with E-state index in [-0.39, 0.29) is 24.0 Å². The van der Waals surface area contributed by atoms with Crippen LogP contribution < -0.4 is 10.1 Å². The van der Waals surface area contributed by atoms with Crippen molar-refractivity contribution in [3.05, 3.63) is 78.4 Å². The first-order valence-corrected chi connectivity index (χ1v) is 9.95. The Morgan fingerprint density at radius 3 is 2.86 bits per heavy atom. The highest BCUT2D eigenvalue weighted by Gasteiger charge is 2.15. The van der Waals surface area contributed by atoms with Gasteiger partial charge in [0, 0.05) is 6.54 Å². The largest absolute Gasteiger partial charge is 0.486 e. The van der Waals surface area contributed by atoms with E-state index in [9.17, 15) is 9.18 Å². The van der Waals surface area contributed by atoms with Crippen molar-refractivity contribution in [3.8, 4) is 5.75 Å². The smallest absolute Gasteiger partial charge is 0.234 e. The molecule has 0 unspecified atom stereocenters. The van der Waals surface area contributed by atoms with Gasteiger partial charge in [0.2, 0.25) is 5.91 Å². The summed E-state index contributed by atoms with van der Waals surface area (Å²) in [7, 11) is 0. The fourth-order valence-corrected chi connectivity index (χ4v) is 3.34. The van der Waals surface area contributed by atoms with Crippen LogP contribution in [0.3, 0.4) is 0 Å². The number of aromatic nitrogens is 3. The van der Waals surface area contributed by atoms with Crippen LogP contribution in [0.2, 0.25) is 0 Å². The molecule has 0 atom stereocenters. The maximum Gasteiger partial charge on any atom is 0.234 e. The van der Waals surface area contributed by atoms with Crippen LogP contribution in [-0.4, -0.2) is 26.4 Å². The van der Waals surface area contributed by atoms with E-state index < -0.39 is 5.82 Å². The summed E-state index contributed by atoms with van der Waals surface area (Å²) in [5.74, 6) is 0.643. The molecule has 0 aliphatic heterocycles. The maximum absolute atomic E-state index is 13.7. The third-order valence-corrected chi connectivity index (χ3v) is 4.91. The standard InChI is InChI=1S/C21H21FN4O2S/c1-3-11-26-19(13-28-16-8-6-7-15(2)12-16)24-25-21(26)29-14-20(27)23-18-10-5-4-9-17(18)22/h3-10,12H,1,11,13-14H2,2H3,(H,23,27). The molecule has 0 aliphatic rings. The number of carbonyl (C=O) groups excluding carboxylic acids is 1. The molecule has 29 heavy (non-hydrogen) atoms. The molecule has 150 valence electrons. The monoisotopic (exact) mass is 412 g/mol. The number of aryl methyl sites for hydroxylation is 1. The molecule has 0 spiro atoms. The zero-order chi connectivity index (χ0) is 20.6. The van der Waals surface area contributed by atoms with E-state index in [0.29, 0.717) is 17.5 Å². The molecule has 3 aromatic rings. The number of thioether (sulfide) groups is 1. The predicted molar refractivity (Wildman–Crippen MR) is 111 cm³/mol. The Morgan fingerprint density at radius 2 is 2.10 bits per heavy atom. The Balaban J connectivity index is 1.62. The predicted octanol–water partition coefficient (Wildman–Crippen LogP) is 4.22. The minimum atomic E-state index is -0.476. The van der Waals surface area contributed by atoms with E-state index in [1.165, 1.54) is 23.9 Å². The highest BCUT2D eigenvalue weighted by atomic mass is 32.2. The first kappa shape index (κ1) is 20.6. The number of ether oxygens (including phenoxy) is 1. The molecule has 1 heterocycles. The van der Waals surface area contributed by atoms with Crippen molar-refractivity contribution >= 4 is 23.4 Å². The van der Waals surface area contributed by atoms with E-state index in [4.69, 9.17) is 4.74 Å². The Bertz CT molecular complexity index is 1010. The second kappa shape index (κ2) is 9.88. The first-order chi connectivity index (χ1) is 14.1. The summed E-state index contributed by atoms with van der Waals surface area (Å²) in [6, 6.07) is 13.8. The van der Waals surface area contributed by atoms with Crippen LogP contribution in [0.15, 0.2) is 66.3 Å². The number of rotatable bonds is 9. The highest BCUT2D eigenvalue weighted by Crippen LogP contribution is 2.20. The van der Waals surface area contributed by atoms with Gasteiger partial charge >= 0.3 is 0 Å². The third kappa shape index (κ3) is 5.68. The number of halogens is 1. The van der Waals surface area contributed by atoms with E-state index in [1.54, 1.807) is 18.2 Å². The van der Waals surface area contributed by atoms with Crippen molar-refractivity contribution in [2.45, 2.75) is 25.2 Å². The number of nitrogens with one attached hydrogen (secondary N) is 1. The van der Waals surface area contributed by atoms with Crippen LogP contribution in [0.5, 0.6) is 5.75 Å². The number of hydrogen-bond donors (Lipinski definition) is 1. The van der Waals surface area contributed by atoms with Crippen LogP contribution in [0.1, 0.15) is 11.4 Å². The average Bonchev–Trinajstić information content (AvgIpc) is 3.09. The summed E-state index contributed by atoms with van der Waals surface area (Å²) in [6.07, 6.45) is 1.73. The van der Waals surface area contributed by atoms with Crippen LogP contribution in [0, 0.1) is 12.7 Å². The zero-order valence-corrected chi connectivity index (χ0v) is 16.8. The van der Waals surface area contributed by atoms with E-state index in [2.05, 4.69) is 22.1 Å². The van der Waals surface area contributed by atoms with Gasteiger partial charge in [0.25, 0.3) is 0 Å². The second-order valence-electron chi connectivity index (χ2n) is 6.22. The number of hydrogen-bond acceptors (Lipinski definition) is 5. The summed E-state index contributed by atoms with van der Waals surface area (Å²) in [5.41, 5.74) is 1.25. The van der Waals surface area contributed by atoms with Crippen LogP contribution in [0.4, 0.5) is 10.1 Å². The van der Waals surface area contributed by atoms with Crippen molar-refractivity contribution < 1.29 is 13.9 Å². The Morgan fingerprint density at radius 1 is 1.28 bits per heavy atom. The molecule has 0 aliphatic carbocycles. The number of para-hydroxylation sites is 1. The highest BCUT2D eigenvalue weighted by molar-refractivity contribution is 7.99. The van der Waals surface area contributed by atoms with Gasteiger partial charge in [-0.15, -0.1) is 16.8 Å². The van der Waals surface area contributed by atoms with Gasteiger partial charge in [-0.05, 0) is 36.8 Å². The van der Waals surface area contributed by atoms with Crippen molar-refractivity contribution in [2.24, 2.45) is 0 Å². The molecule has 6 nitrogen and oxygen atoms in total. The molecular formula is C21H21FN4O2S. The molecule has 0 radical (unpaired) electrons. The molecule has 0 bridgehead atoms. The van der Waals surface area contributed by atoms with Crippen LogP contribution in [0.25, 0.3) is 0 Å². The van der Waals surface area contributed by atoms with E-state index in [1.807, 2.05) is 35.8 Å². The number of carbonyl (C=O) groups is 1. The molecule has 0 saturated heterocycles. The lowest BCUT2D eigenvalue weighted by atomic mass is 10.2. The summed E-state index contributed by atoms with van der Waals surface area (Å²) in [5, 5.41) is 11.5. The molecular weight excluding hydrogens is 391 g/mol. The lowest BCUT2D eigenvalue weighted by Gasteiger charge is -2.10. The molecule has 3 rings (SSSR count). The lowest BCUT2D eigenvalue weighted by molar-refractivity contribution is -0.113. The van der Waals surface area contributed by atoms with Crippen molar-refractivity contribution in [2.75, 3.05) is 11.1 Å². The molecule has 0 fully saturated rings. The molecule has 0 saturated carbocycles. The average molecular weight is 412 g/mol. The topological polar surface area (TPSA) is 69.0 Å². The number of anilines is 1. The third-order valence-electron chi connectivity index (χ3n) is 3.94. The Hall–Kier alpha value is -3.13. The summed E-state index contributed by atoms with van der Waals surface area (Å²) in [4.78, 5) is 12.2. The van der Waals surface area contributed by atoms with Gasteiger partial charge in [0.15, 0.2) is 11.0 Å². The SMILES string of the molecule is C=CCn1c(COc2cccc(C)c2)nnc1SCC(=O)Nc1ccccc1F. The second-order valence-corrected chi connectivity index (χ2v) is 7.16. The molecule has 2 aromatic carbocycles. The summed E-state index contributed by atoms with van der Waals surface area (Å²) >= 11 is 1.22. The van der Waals surface area contributed by atoms with Crippen molar-refractivity contribution in [1.29, 1.82) is 0 Å². The van der Waals surface area contributed by atoms with Gasteiger partial charge in [-0.3, -0.25) is 9.36 Å². The number of nitrogens with zero attached hydrogens (tertiary/aromatic N) is 3. The molecule has 1 aromatic heterocycles. The zero-order valence-electron chi connectivity index (χ0n) is 16.0. The fraction of sp³-hybridized carbons (Fsp3) is 0.190. The number of amides is 1. The van der Waals surface area contributed by atoms with Crippen LogP contribution >= 0.6 is 11.8 Å². The van der Waals surface area contributed by atoms with Crippen molar-refractivity contribution in [3.63, 3.8) is 0 Å². The van der Waals surface area contributed by atoms with Gasteiger partial charge in [0.05, 0.1) is 11.4 Å². The number of benzene rings is 2. The molecule has 1 amide bonds.